The Morgan fingerprint density at radius 2 is 0.548 bits per heavy atom. The molecule has 1 N–H and O–H groups in total. The summed E-state index contributed by atoms with van der Waals surface area (Å²) < 4.78 is 267. The monoisotopic (exact) mass is 911 g/mol. The second-order valence-corrected chi connectivity index (χ2v) is 14.8. The molecule has 0 heterocycles. The average Bonchev–Trinajstić information content (AvgIpc) is 3.22. The van der Waals surface area contributed by atoms with Gasteiger partial charge in [0.2, 0.25) is 46.5 Å². The smallest absolute Gasteiger partial charge is 0.200 e. The molecule has 0 radical (unpaired) electrons. The predicted molar refractivity (Wildman–Crippen MR) is 194 cm³/mol. The highest BCUT2D eigenvalue weighted by atomic mass is 19.2. The molecule has 62 heavy (non-hydrogen) atoms. The summed E-state index contributed by atoms with van der Waals surface area (Å²) in [4.78, 5) is 1.83. The van der Waals surface area contributed by atoms with E-state index in [9.17, 15) is 0 Å². The summed E-state index contributed by atoms with van der Waals surface area (Å²) in [5.41, 5.74) is -12.6. The summed E-state index contributed by atoms with van der Waals surface area (Å²) in [6.45, 7) is 9.46. The number of methoxy groups -OCH3 is 4. The van der Waals surface area contributed by atoms with Crippen molar-refractivity contribution >= 4 is 28.0 Å². The lowest BCUT2D eigenvalue weighted by molar-refractivity contribution is -0.967. The zero-order valence-corrected chi connectivity index (χ0v) is 34.0. The van der Waals surface area contributed by atoms with Crippen LogP contribution in [0.2, 0.25) is 0 Å². The molecule has 0 unspecified atom stereocenters. The molecule has 0 saturated heterocycles. The normalized spacial score (nSPS) is 13.5. The van der Waals surface area contributed by atoms with Gasteiger partial charge >= 0.3 is 0 Å². The summed E-state index contributed by atoms with van der Waals surface area (Å²) >= 11 is 0. The minimum atomic E-state index is -6.80. The molecule has 5 nitrogen and oxygen atoms in total. The molecule has 0 spiro atoms. The van der Waals surface area contributed by atoms with Crippen molar-refractivity contribution in [3.63, 3.8) is 0 Å². The second kappa shape index (κ2) is 19.2. The molecule has 5 rings (SSSR count). The molecule has 0 bridgehead atoms. The van der Waals surface area contributed by atoms with E-state index in [-0.39, 0.29) is 0 Å². The topological polar surface area (TPSA) is 41.4 Å². The number of quaternary nitrogens is 1. The lowest BCUT2D eigenvalue weighted by atomic mass is 9.12. The van der Waals surface area contributed by atoms with Gasteiger partial charge in [0.15, 0.2) is 23.0 Å². The fraction of sp³-hybridized carbons (Fsp3) is 0.400. The summed E-state index contributed by atoms with van der Waals surface area (Å²) in [6.07, 6.45) is 0.533. The Balaban J connectivity index is 0.000000554. The third kappa shape index (κ3) is 7.84. The summed E-state index contributed by atoms with van der Waals surface area (Å²) in [5.74, 6) is -57.7. The van der Waals surface area contributed by atoms with Gasteiger partial charge in [-0.3, -0.25) is 0 Å². The van der Waals surface area contributed by atoms with Crippen LogP contribution in [0, 0.1) is 93.1 Å². The summed E-state index contributed by atoms with van der Waals surface area (Å²) in [5, 5.41) is 0. The molecular formula is C40H38BF16NO4. The Labute approximate surface area is 344 Å². The van der Waals surface area contributed by atoms with Crippen LogP contribution in [-0.4, -0.2) is 52.7 Å². The highest BCUT2D eigenvalue weighted by molar-refractivity contribution is 7.20. The number of benzene rings is 4. The highest BCUT2D eigenvalue weighted by Crippen LogP contribution is 2.36. The van der Waals surface area contributed by atoms with Crippen molar-refractivity contribution in [3.05, 3.63) is 93.1 Å². The number of nitrogens with one attached hydrogen (secondary N) is 1. The van der Waals surface area contributed by atoms with E-state index in [1.165, 1.54) is 32.1 Å². The predicted octanol–water partition coefficient (Wildman–Crippen LogP) is 7.34. The Bertz CT molecular complexity index is 1940. The molecule has 0 atom stereocenters. The SMILES string of the molecule is CC(C)[NH+](C(C)C)C1CCCCC1.COc1c(F)c(F)c([B-](c2c(F)c(F)c(OC)c(F)c2F)(c2c(F)c(F)c(OC)c(F)c2F)c2c(F)c(F)c(OC)c(F)c2F)c(F)c1F. The van der Waals surface area contributed by atoms with Gasteiger partial charge in [0.25, 0.3) is 0 Å². The van der Waals surface area contributed by atoms with Crippen LogP contribution in [0.4, 0.5) is 70.2 Å². The van der Waals surface area contributed by atoms with Gasteiger partial charge < -0.3 is 23.8 Å². The first-order valence-corrected chi connectivity index (χ1v) is 18.6. The minimum absolute atomic E-state index is 0.327. The molecule has 1 saturated carbocycles. The summed E-state index contributed by atoms with van der Waals surface area (Å²) in [6, 6.07) is 2.54. The Hall–Kier alpha value is -5.02. The van der Waals surface area contributed by atoms with Crippen LogP contribution in [0.5, 0.6) is 23.0 Å². The number of hydrogen-bond acceptors (Lipinski definition) is 4. The van der Waals surface area contributed by atoms with Crippen molar-refractivity contribution in [2.24, 2.45) is 0 Å². The van der Waals surface area contributed by atoms with Crippen molar-refractivity contribution in [1.82, 2.24) is 0 Å². The molecule has 342 valence electrons. The first-order valence-electron chi connectivity index (χ1n) is 18.6. The molecule has 4 aromatic rings. The maximum absolute atomic E-state index is 16.1. The van der Waals surface area contributed by atoms with Crippen molar-refractivity contribution in [2.45, 2.75) is 77.9 Å². The zero-order valence-electron chi connectivity index (χ0n) is 34.0. The lowest BCUT2D eigenvalue weighted by Gasteiger charge is -2.45. The van der Waals surface area contributed by atoms with E-state index in [0.717, 1.165) is 18.1 Å². The van der Waals surface area contributed by atoms with E-state index in [2.05, 4.69) is 46.6 Å². The van der Waals surface area contributed by atoms with E-state index in [1.54, 1.807) is 0 Å². The van der Waals surface area contributed by atoms with E-state index in [0.29, 0.717) is 28.4 Å². The van der Waals surface area contributed by atoms with Crippen LogP contribution in [-0.2, 0) is 0 Å². The van der Waals surface area contributed by atoms with Crippen molar-refractivity contribution in [2.75, 3.05) is 28.4 Å². The maximum atomic E-state index is 16.1. The van der Waals surface area contributed by atoms with Gasteiger partial charge in [-0.1, -0.05) is 6.42 Å². The summed E-state index contributed by atoms with van der Waals surface area (Å²) in [7, 11) is 1.31. The van der Waals surface area contributed by atoms with Gasteiger partial charge in [-0.05, 0) is 53.4 Å². The van der Waals surface area contributed by atoms with Crippen LogP contribution < -0.4 is 45.7 Å². The minimum Gasteiger partial charge on any atom is -0.491 e. The Morgan fingerprint density at radius 3 is 0.710 bits per heavy atom. The molecule has 1 fully saturated rings. The maximum Gasteiger partial charge on any atom is 0.200 e. The van der Waals surface area contributed by atoms with Crippen LogP contribution in [0.1, 0.15) is 59.8 Å². The molecular weight excluding hydrogens is 873 g/mol. The van der Waals surface area contributed by atoms with Gasteiger partial charge in [-0.2, -0.15) is 35.1 Å². The lowest BCUT2D eigenvalue weighted by Crippen LogP contribution is -3.21. The van der Waals surface area contributed by atoms with Crippen molar-refractivity contribution in [1.29, 1.82) is 0 Å². The number of ether oxygens (including phenoxy) is 4. The molecule has 1 aliphatic carbocycles. The fourth-order valence-corrected chi connectivity index (χ4v) is 8.66. The molecule has 22 heteroatoms. The Morgan fingerprint density at radius 1 is 0.355 bits per heavy atom. The Kier molecular flexibility index (Phi) is 15.3. The van der Waals surface area contributed by atoms with Gasteiger partial charge in [-0.25, -0.2) is 35.1 Å². The van der Waals surface area contributed by atoms with Gasteiger partial charge in [-0.15, -0.1) is 21.9 Å². The molecule has 4 aromatic carbocycles. The van der Waals surface area contributed by atoms with E-state index in [1.807, 2.05) is 4.90 Å². The van der Waals surface area contributed by atoms with Crippen LogP contribution in [0.25, 0.3) is 0 Å². The molecule has 1 aliphatic rings. The van der Waals surface area contributed by atoms with Crippen LogP contribution in [0.15, 0.2) is 0 Å². The number of hydrogen-bond donors (Lipinski definition) is 1. The molecule has 0 aromatic heterocycles. The zero-order chi connectivity index (χ0) is 47.0. The third-order valence-electron chi connectivity index (χ3n) is 11.0. The van der Waals surface area contributed by atoms with Crippen molar-refractivity contribution < 1.29 is 94.1 Å². The molecule has 0 aliphatic heterocycles. The first kappa shape index (κ1) is 49.6. The molecule has 0 amide bonds. The number of halogens is 16. The van der Waals surface area contributed by atoms with E-state index < -0.39 is 144 Å². The van der Waals surface area contributed by atoms with Gasteiger partial charge in [0, 0.05) is 0 Å². The van der Waals surface area contributed by atoms with Gasteiger partial charge in [0.1, 0.15) is 52.7 Å². The first-order chi connectivity index (χ1) is 29.0. The largest absolute Gasteiger partial charge is 0.491 e. The third-order valence-corrected chi connectivity index (χ3v) is 11.0. The van der Waals surface area contributed by atoms with Crippen LogP contribution in [0.3, 0.4) is 0 Å². The van der Waals surface area contributed by atoms with Crippen molar-refractivity contribution in [3.8, 4) is 23.0 Å². The van der Waals surface area contributed by atoms with E-state index >= 15 is 70.2 Å². The highest BCUT2D eigenvalue weighted by Gasteiger charge is 2.52. The quantitative estimate of drug-likeness (QED) is 0.0973. The van der Waals surface area contributed by atoms with Gasteiger partial charge in [0.05, 0.1) is 46.6 Å². The average molecular weight is 912 g/mol. The van der Waals surface area contributed by atoms with E-state index in [4.69, 9.17) is 0 Å². The number of rotatable bonds is 11. The second-order valence-electron chi connectivity index (χ2n) is 14.8. The fourth-order valence-electron chi connectivity index (χ4n) is 8.66. The standard InChI is InChI=1S/C28H12BF16O4.C12H25N/c1-46-25-17(38)9(30)5(10(31)18(25)39)29(6-11(32)19(40)26(47-2)20(41)12(6)33,7-13(34)21(42)27(48-3)22(43)14(7)35)8-15(36)23(44)28(49-4)24(45)16(8)37;1-10(2)13(11(3)4)12-8-6-5-7-9-12/h1-4H3;10-12H,5-9H2,1-4H3/q-1;/p+1. The van der Waals surface area contributed by atoms with Crippen LogP contribution >= 0.6 is 0 Å².